The van der Waals surface area contributed by atoms with Gasteiger partial charge in [-0.2, -0.15) is 5.26 Å². The van der Waals surface area contributed by atoms with Gasteiger partial charge in [-0.25, -0.2) is 0 Å². The first kappa shape index (κ1) is 21.0. The summed E-state index contributed by atoms with van der Waals surface area (Å²) in [4.78, 5) is 12.3. The van der Waals surface area contributed by atoms with Crippen LogP contribution in [0.4, 0.5) is 5.69 Å². The molecule has 0 aliphatic heterocycles. The van der Waals surface area contributed by atoms with Crippen molar-refractivity contribution in [2.75, 3.05) is 11.9 Å². The lowest BCUT2D eigenvalue weighted by Gasteiger charge is -2.26. The maximum Gasteiger partial charge on any atom is 0.222 e. The quantitative estimate of drug-likeness (QED) is 0.618. The summed E-state index contributed by atoms with van der Waals surface area (Å²) >= 11 is 0. The third-order valence-corrected chi connectivity index (χ3v) is 6.18. The van der Waals surface area contributed by atoms with Gasteiger partial charge in [0.15, 0.2) is 0 Å². The Morgan fingerprint density at radius 1 is 1.26 bits per heavy atom. The van der Waals surface area contributed by atoms with E-state index in [4.69, 9.17) is 0 Å². The molecule has 31 heavy (non-hydrogen) atoms. The second-order valence-corrected chi connectivity index (χ2v) is 8.65. The summed E-state index contributed by atoms with van der Waals surface area (Å²) in [5.74, 6) is 0.0879. The van der Waals surface area contributed by atoms with E-state index in [-0.39, 0.29) is 17.9 Å². The van der Waals surface area contributed by atoms with Crippen molar-refractivity contribution in [1.82, 2.24) is 9.88 Å². The topological polar surface area (TPSA) is 69.8 Å². The summed E-state index contributed by atoms with van der Waals surface area (Å²) in [6.07, 6.45) is 2.65. The lowest BCUT2D eigenvalue weighted by atomic mass is 9.90. The first-order valence-electron chi connectivity index (χ1n) is 11.2. The van der Waals surface area contributed by atoms with Crippen LogP contribution in [0.1, 0.15) is 49.6 Å². The van der Waals surface area contributed by atoms with Gasteiger partial charge in [-0.05, 0) is 61.6 Å². The second-order valence-electron chi connectivity index (χ2n) is 8.65. The van der Waals surface area contributed by atoms with Crippen LogP contribution in [-0.2, 0) is 24.2 Å². The molecule has 4 rings (SSSR count). The lowest BCUT2D eigenvalue weighted by Crippen LogP contribution is -2.41. The number of hydrogen-bond donors (Lipinski definition) is 2. The molecule has 2 N–H and O–H groups in total. The predicted octanol–water partition coefficient (Wildman–Crippen LogP) is 4.62. The smallest absolute Gasteiger partial charge is 0.222 e. The molecule has 0 saturated heterocycles. The summed E-state index contributed by atoms with van der Waals surface area (Å²) in [6, 6.07) is 16.8. The zero-order valence-corrected chi connectivity index (χ0v) is 18.5. The van der Waals surface area contributed by atoms with Crippen molar-refractivity contribution in [3.05, 3.63) is 64.8 Å². The van der Waals surface area contributed by atoms with Gasteiger partial charge in [0, 0.05) is 47.3 Å². The molecule has 5 heteroatoms. The number of nitrogens with one attached hydrogen (secondary N) is 2. The molecular weight excluding hydrogens is 384 g/mol. The number of fused-ring (bicyclic) bond motifs is 3. The molecule has 0 spiro atoms. The molecule has 1 amide bonds. The number of rotatable bonds is 6. The van der Waals surface area contributed by atoms with E-state index in [0.717, 1.165) is 48.9 Å². The van der Waals surface area contributed by atoms with Gasteiger partial charge < -0.3 is 15.2 Å². The Kier molecular flexibility index (Phi) is 5.99. The molecule has 3 aromatic rings. The lowest BCUT2D eigenvalue weighted by molar-refractivity contribution is -0.124. The minimum absolute atomic E-state index is 0.0181. The molecule has 1 unspecified atom stereocenters. The fourth-order valence-electron chi connectivity index (χ4n) is 4.58. The minimum atomic E-state index is -0.0181. The number of nitriles is 1. The first-order valence-corrected chi connectivity index (χ1v) is 11.2. The summed E-state index contributed by atoms with van der Waals surface area (Å²) < 4.78 is 2.41. The van der Waals surface area contributed by atoms with Gasteiger partial charge in [-0.3, -0.25) is 4.79 Å². The number of aromatic nitrogens is 1. The largest absolute Gasteiger partial charge is 0.385 e. The van der Waals surface area contributed by atoms with Crippen molar-refractivity contribution in [2.24, 2.45) is 5.92 Å². The average Bonchev–Trinajstić information content (AvgIpc) is 3.07. The van der Waals surface area contributed by atoms with Crippen LogP contribution in [-0.4, -0.2) is 23.1 Å². The fourth-order valence-corrected chi connectivity index (χ4v) is 4.58. The molecule has 1 aliphatic rings. The van der Waals surface area contributed by atoms with E-state index in [0.29, 0.717) is 5.56 Å². The summed E-state index contributed by atoms with van der Waals surface area (Å²) in [5.41, 5.74) is 6.84. The highest BCUT2D eigenvalue weighted by Gasteiger charge is 2.27. The van der Waals surface area contributed by atoms with Crippen molar-refractivity contribution in [2.45, 2.75) is 52.6 Å². The second kappa shape index (κ2) is 8.85. The zero-order chi connectivity index (χ0) is 22.0. The first-order chi connectivity index (χ1) is 15.0. The molecule has 160 valence electrons. The highest BCUT2D eigenvalue weighted by Crippen LogP contribution is 2.34. The zero-order valence-electron chi connectivity index (χ0n) is 18.5. The van der Waals surface area contributed by atoms with Gasteiger partial charge in [0.2, 0.25) is 5.91 Å². The third-order valence-electron chi connectivity index (χ3n) is 6.18. The number of para-hydroxylation sites is 1. The predicted molar refractivity (Wildman–Crippen MR) is 125 cm³/mol. The maximum absolute atomic E-state index is 12.3. The maximum atomic E-state index is 12.3. The molecule has 1 heterocycles. The van der Waals surface area contributed by atoms with E-state index in [1.54, 1.807) is 0 Å². The number of carbonyl (C=O) groups is 1. The highest BCUT2D eigenvalue weighted by molar-refractivity contribution is 5.87. The number of nitrogens with zero attached hydrogens (tertiary/aromatic N) is 2. The number of carbonyl (C=O) groups excluding carboxylic acids is 1. The van der Waals surface area contributed by atoms with Crippen LogP contribution in [0, 0.1) is 17.2 Å². The van der Waals surface area contributed by atoms with Crippen LogP contribution in [0.25, 0.3) is 10.9 Å². The number of benzene rings is 2. The van der Waals surface area contributed by atoms with Crippen molar-refractivity contribution in [3.8, 4) is 6.07 Å². The van der Waals surface area contributed by atoms with Gasteiger partial charge in [0.25, 0.3) is 0 Å². The normalized spacial score (nSPS) is 15.5. The average molecular weight is 415 g/mol. The van der Waals surface area contributed by atoms with Gasteiger partial charge in [0.1, 0.15) is 0 Å². The molecule has 1 atom stereocenters. The van der Waals surface area contributed by atoms with E-state index in [1.807, 2.05) is 26.0 Å². The molecule has 0 bridgehead atoms. The summed E-state index contributed by atoms with van der Waals surface area (Å²) in [5, 5.41) is 17.3. The van der Waals surface area contributed by atoms with E-state index < -0.39 is 0 Å². The Morgan fingerprint density at radius 3 is 2.81 bits per heavy atom. The van der Waals surface area contributed by atoms with E-state index in [9.17, 15) is 10.1 Å². The SMILES string of the molecule is CCNc1ccccc1Cn1c2c(c3cc(C#N)ccc31)CC(NC(=O)C(C)C)CC2. The molecule has 0 radical (unpaired) electrons. The number of anilines is 1. The van der Waals surface area contributed by atoms with Crippen LogP contribution in [0.2, 0.25) is 0 Å². The standard InChI is InChI=1S/C26H30N4O/c1-4-28-23-8-6-5-7-19(23)16-30-24-11-9-18(15-27)13-21(24)22-14-20(10-12-25(22)30)29-26(31)17(2)3/h5-9,11,13,17,20,28H,4,10,12,14,16H2,1-3H3,(H,29,31). The van der Waals surface area contributed by atoms with E-state index in [1.165, 1.54) is 16.8 Å². The Hall–Kier alpha value is -3.26. The Morgan fingerprint density at radius 2 is 2.06 bits per heavy atom. The van der Waals surface area contributed by atoms with E-state index >= 15 is 0 Å². The van der Waals surface area contributed by atoms with Crippen molar-refractivity contribution < 1.29 is 4.79 Å². The van der Waals surface area contributed by atoms with Crippen LogP contribution >= 0.6 is 0 Å². The Labute approximate surface area is 184 Å². The van der Waals surface area contributed by atoms with Crippen LogP contribution in [0.15, 0.2) is 42.5 Å². The molecular formula is C26H30N4O. The molecule has 0 saturated carbocycles. The van der Waals surface area contributed by atoms with Crippen LogP contribution in [0.3, 0.4) is 0 Å². The summed E-state index contributed by atoms with van der Waals surface area (Å²) in [7, 11) is 0. The van der Waals surface area contributed by atoms with Gasteiger partial charge in [-0.1, -0.05) is 32.0 Å². The fraction of sp³-hybridized carbons (Fsp3) is 0.385. The minimum Gasteiger partial charge on any atom is -0.385 e. The number of hydrogen-bond acceptors (Lipinski definition) is 3. The van der Waals surface area contributed by atoms with Gasteiger partial charge in [0.05, 0.1) is 11.6 Å². The Balaban J connectivity index is 1.76. The van der Waals surface area contributed by atoms with Gasteiger partial charge >= 0.3 is 0 Å². The van der Waals surface area contributed by atoms with Crippen LogP contribution < -0.4 is 10.6 Å². The number of amides is 1. The van der Waals surface area contributed by atoms with Crippen molar-refractivity contribution >= 4 is 22.5 Å². The van der Waals surface area contributed by atoms with Crippen LogP contribution in [0.5, 0.6) is 0 Å². The highest BCUT2D eigenvalue weighted by atomic mass is 16.1. The molecule has 1 aromatic heterocycles. The Bertz CT molecular complexity index is 1150. The molecule has 5 nitrogen and oxygen atoms in total. The van der Waals surface area contributed by atoms with Crippen molar-refractivity contribution in [3.63, 3.8) is 0 Å². The molecule has 2 aromatic carbocycles. The third kappa shape index (κ3) is 4.16. The van der Waals surface area contributed by atoms with Gasteiger partial charge in [-0.15, -0.1) is 0 Å². The van der Waals surface area contributed by atoms with Crippen molar-refractivity contribution in [1.29, 1.82) is 5.26 Å². The molecule has 1 aliphatic carbocycles. The summed E-state index contributed by atoms with van der Waals surface area (Å²) in [6.45, 7) is 7.62. The molecule has 0 fully saturated rings. The monoisotopic (exact) mass is 414 g/mol. The van der Waals surface area contributed by atoms with E-state index in [2.05, 4.69) is 58.5 Å².